The van der Waals surface area contributed by atoms with Crippen LogP contribution in [0.1, 0.15) is 19.3 Å². The molecule has 0 spiro atoms. The second-order valence-corrected chi connectivity index (χ2v) is 8.48. The number of likely N-dealkylation sites (N-methyl/N-ethyl adjacent to an activating group) is 1. The Bertz CT molecular complexity index is 767. The minimum atomic E-state index is -3.71. The van der Waals surface area contributed by atoms with Crippen LogP contribution in [-0.2, 0) is 14.8 Å². The molecule has 1 aromatic carbocycles. The summed E-state index contributed by atoms with van der Waals surface area (Å²) in [5, 5.41) is 8.95. The van der Waals surface area contributed by atoms with Gasteiger partial charge < -0.3 is 14.6 Å². The largest absolute Gasteiger partial charge is 0.486 e. The van der Waals surface area contributed by atoms with E-state index < -0.39 is 16.0 Å². The standard InChI is InChI=1S/C17H24N2O6S/c1-18(12-16(20)21)13-4-3-8-19(9-7-13)26(22,23)15-6-2-5-14-17(15)25-11-10-24-14/h2,5-6,13H,3-4,7-12H2,1H3,(H,20,21). The Kier molecular flexibility index (Phi) is 5.69. The Labute approximate surface area is 153 Å². The van der Waals surface area contributed by atoms with Gasteiger partial charge in [0.2, 0.25) is 10.0 Å². The Hall–Kier alpha value is -1.84. The Morgan fingerprint density at radius 2 is 2.04 bits per heavy atom. The predicted octanol–water partition coefficient (Wildman–Crippen LogP) is 1.02. The fourth-order valence-corrected chi connectivity index (χ4v) is 5.10. The van der Waals surface area contributed by atoms with E-state index in [9.17, 15) is 13.2 Å². The average Bonchev–Trinajstić information content (AvgIpc) is 2.87. The van der Waals surface area contributed by atoms with Crippen molar-refractivity contribution in [3.05, 3.63) is 18.2 Å². The van der Waals surface area contributed by atoms with Gasteiger partial charge in [0.25, 0.3) is 0 Å². The summed E-state index contributed by atoms with van der Waals surface area (Å²) in [6.07, 6.45) is 2.04. The summed E-state index contributed by atoms with van der Waals surface area (Å²) < 4.78 is 38.8. The van der Waals surface area contributed by atoms with Crippen molar-refractivity contribution in [1.29, 1.82) is 0 Å². The maximum Gasteiger partial charge on any atom is 0.317 e. The summed E-state index contributed by atoms with van der Waals surface area (Å²) in [4.78, 5) is 12.8. The summed E-state index contributed by atoms with van der Waals surface area (Å²) in [6, 6.07) is 4.95. The summed E-state index contributed by atoms with van der Waals surface area (Å²) in [6.45, 7) is 1.43. The van der Waals surface area contributed by atoms with Crippen LogP contribution in [0.5, 0.6) is 11.5 Å². The summed E-state index contributed by atoms with van der Waals surface area (Å²) in [5.74, 6) is -0.150. The molecule has 1 unspecified atom stereocenters. The lowest BCUT2D eigenvalue weighted by Crippen LogP contribution is -2.37. The maximum atomic E-state index is 13.1. The quantitative estimate of drug-likeness (QED) is 0.809. The zero-order valence-corrected chi connectivity index (χ0v) is 15.6. The number of para-hydroxylation sites is 1. The first-order chi connectivity index (χ1) is 12.4. The van der Waals surface area contributed by atoms with Crippen LogP contribution in [0.15, 0.2) is 23.1 Å². The van der Waals surface area contributed by atoms with E-state index in [0.717, 1.165) is 6.42 Å². The second-order valence-electron chi connectivity index (χ2n) is 6.58. The van der Waals surface area contributed by atoms with Crippen molar-refractivity contribution < 1.29 is 27.8 Å². The van der Waals surface area contributed by atoms with E-state index in [-0.39, 0.29) is 23.2 Å². The van der Waals surface area contributed by atoms with E-state index in [0.29, 0.717) is 44.9 Å². The van der Waals surface area contributed by atoms with Crippen LogP contribution < -0.4 is 9.47 Å². The van der Waals surface area contributed by atoms with Gasteiger partial charge in [-0.2, -0.15) is 4.31 Å². The third-order valence-electron chi connectivity index (χ3n) is 4.81. The van der Waals surface area contributed by atoms with E-state index >= 15 is 0 Å². The molecule has 2 heterocycles. The smallest absolute Gasteiger partial charge is 0.317 e. The molecule has 1 N–H and O–H groups in total. The molecule has 9 heteroatoms. The van der Waals surface area contributed by atoms with Gasteiger partial charge in [0.05, 0.1) is 6.54 Å². The second kappa shape index (κ2) is 7.81. The lowest BCUT2D eigenvalue weighted by Gasteiger charge is -2.26. The third kappa shape index (κ3) is 3.94. The Morgan fingerprint density at radius 1 is 1.27 bits per heavy atom. The van der Waals surface area contributed by atoms with Crippen LogP contribution in [0.4, 0.5) is 0 Å². The molecule has 3 rings (SSSR count). The number of carboxylic acids is 1. The number of benzene rings is 1. The van der Waals surface area contributed by atoms with Gasteiger partial charge in [-0.25, -0.2) is 8.42 Å². The van der Waals surface area contributed by atoms with Crippen molar-refractivity contribution in [2.45, 2.75) is 30.2 Å². The van der Waals surface area contributed by atoms with E-state index in [1.807, 2.05) is 0 Å². The first-order valence-corrected chi connectivity index (χ1v) is 10.1. The lowest BCUT2D eigenvalue weighted by atomic mass is 10.1. The van der Waals surface area contributed by atoms with Gasteiger partial charge in [-0.3, -0.25) is 9.69 Å². The van der Waals surface area contributed by atoms with Crippen LogP contribution in [0.3, 0.4) is 0 Å². The van der Waals surface area contributed by atoms with Gasteiger partial charge in [-0.15, -0.1) is 0 Å². The number of hydrogen-bond donors (Lipinski definition) is 1. The van der Waals surface area contributed by atoms with Crippen LogP contribution in [0.25, 0.3) is 0 Å². The topological polar surface area (TPSA) is 96.4 Å². The summed E-state index contributed by atoms with van der Waals surface area (Å²) in [7, 11) is -1.94. The highest BCUT2D eigenvalue weighted by Gasteiger charge is 2.33. The zero-order valence-electron chi connectivity index (χ0n) is 14.8. The highest BCUT2D eigenvalue weighted by Crippen LogP contribution is 2.38. The van der Waals surface area contributed by atoms with Crippen molar-refractivity contribution >= 4 is 16.0 Å². The van der Waals surface area contributed by atoms with E-state index in [2.05, 4.69) is 0 Å². The average molecular weight is 384 g/mol. The maximum absolute atomic E-state index is 13.1. The molecule has 8 nitrogen and oxygen atoms in total. The van der Waals surface area contributed by atoms with Crippen LogP contribution in [0, 0.1) is 0 Å². The highest BCUT2D eigenvalue weighted by molar-refractivity contribution is 7.89. The normalized spacial score (nSPS) is 21.4. The fourth-order valence-electron chi connectivity index (χ4n) is 3.47. The zero-order chi connectivity index (χ0) is 18.7. The van der Waals surface area contributed by atoms with E-state index in [1.165, 1.54) is 4.31 Å². The third-order valence-corrected chi connectivity index (χ3v) is 6.73. The number of carbonyl (C=O) groups is 1. The van der Waals surface area contributed by atoms with Gasteiger partial charge >= 0.3 is 5.97 Å². The lowest BCUT2D eigenvalue weighted by molar-refractivity contribution is -0.138. The molecule has 1 aromatic rings. The van der Waals surface area contributed by atoms with Gasteiger partial charge in [-0.05, 0) is 38.4 Å². The number of carboxylic acid groups (broad SMARTS) is 1. The number of fused-ring (bicyclic) bond motifs is 1. The number of ether oxygens (including phenoxy) is 2. The summed E-state index contributed by atoms with van der Waals surface area (Å²) >= 11 is 0. The van der Waals surface area contributed by atoms with Crippen molar-refractivity contribution in [2.75, 3.05) is 39.9 Å². The van der Waals surface area contributed by atoms with Crippen LogP contribution in [0.2, 0.25) is 0 Å². The van der Waals surface area contributed by atoms with Gasteiger partial charge in [0, 0.05) is 19.1 Å². The number of hydrogen-bond acceptors (Lipinski definition) is 6. The van der Waals surface area contributed by atoms with Crippen LogP contribution in [-0.4, -0.2) is 74.6 Å². The molecule has 1 saturated heterocycles. The number of nitrogens with zero attached hydrogens (tertiary/aromatic N) is 2. The van der Waals surface area contributed by atoms with Gasteiger partial charge in [0.15, 0.2) is 11.5 Å². The van der Waals surface area contributed by atoms with E-state index in [4.69, 9.17) is 14.6 Å². The van der Waals surface area contributed by atoms with Crippen molar-refractivity contribution in [2.24, 2.45) is 0 Å². The molecule has 0 saturated carbocycles. The molecule has 0 bridgehead atoms. The van der Waals surface area contributed by atoms with Gasteiger partial charge in [0.1, 0.15) is 18.1 Å². The minimum absolute atomic E-state index is 0.0468. The monoisotopic (exact) mass is 384 g/mol. The predicted molar refractivity (Wildman–Crippen MR) is 94.1 cm³/mol. The SMILES string of the molecule is CN(CC(=O)O)C1CCCN(S(=O)(=O)c2cccc3c2OCCO3)CC1. The molecule has 0 radical (unpaired) electrons. The number of rotatable bonds is 5. The van der Waals surface area contributed by atoms with Crippen molar-refractivity contribution in [3.63, 3.8) is 0 Å². The first-order valence-electron chi connectivity index (χ1n) is 8.70. The molecule has 26 heavy (non-hydrogen) atoms. The molecular formula is C17H24N2O6S. The molecule has 2 aliphatic rings. The molecule has 1 atom stereocenters. The number of sulfonamides is 1. The molecule has 1 fully saturated rings. The fraction of sp³-hybridized carbons (Fsp3) is 0.588. The molecule has 0 amide bonds. The highest BCUT2D eigenvalue weighted by atomic mass is 32.2. The first kappa shape index (κ1) is 18.9. The molecule has 144 valence electrons. The van der Waals surface area contributed by atoms with E-state index in [1.54, 1.807) is 30.1 Å². The molecule has 2 aliphatic heterocycles. The Morgan fingerprint density at radius 3 is 2.81 bits per heavy atom. The van der Waals surface area contributed by atoms with Crippen LogP contribution >= 0.6 is 0 Å². The van der Waals surface area contributed by atoms with Crippen molar-refractivity contribution in [3.8, 4) is 11.5 Å². The van der Waals surface area contributed by atoms with Crippen molar-refractivity contribution in [1.82, 2.24) is 9.21 Å². The minimum Gasteiger partial charge on any atom is -0.486 e. The summed E-state index contributed by atoms with van der Waals surface area (Å²) in [5.41, 5.74) is 0. The van der Waals surface area contributed by atoms with Gasteiger partial charge in [-0.1, -0.05) is 6.07 Å². The molecule has 0 aromatic heterocycles. The number of aliphatic carboxylic acids is 1. The molecular weight excluding hydrogens is 360 g/mol. The Balaban J connectivity index is 1.78. The molecule has 0 aliphatic carbocycles.